The molecule has 0 unspecified atom stereocenters. The summed E-state index contributed by atoms with van der Waals surface area (Å²) in [5, 5.41) is 2.88. The predicted molar refractivity (Wildman–Crippen MR) is 109 cm³/mol. The zero-order valence-electron chi connectivity index (χ0n) is 15.0. The van der Waals surface area contributed by atoms with Gasteiger partial charge in [0.25, 0.3) is 0 Å². The number of ether oxygens (including phenoxy) is 2. The van der Waals surface area contributed by atoms with E-state index >= 15 is 0 Å². The highest BCUT2D eigenvalue weighted by molar-refractivity contribution is 14.0. The molecule has 10 heteroatoms. The molecule has 6 nitrogen and oxygen atoms in total. The van der Waals surface area contributed by atoms with Gasteiger partial charge in [-0.3, -0.25) is 9.89 Å². The molecule has 1 aliphatic heterocycles. The Morgan fingerprint density at radius 3 is 2.74 bits per heavy atom. The molecule has 2 rings (SSSR count). The van der Waals surface area contributed by atoms with E-state index in [9.17, 15) is 13.2 Å². The molecule has 1 saturated heterocycles. The smallest absolute Gasteiger partial charge is 0.416 e. The van der Waals surface area contributed by atoms with E-state index in [2.05, 4.69) is 15.2 Å². The zero-order valence-corrected chi connectivity index (χ0v) is 17.3. The Kier molecular flexibility index (Phi) is 10.8. The van der Waals surface area contributed by atoms with E-state index in [0.29, 0.717) is 19.0 Å². The topological polar surface area (TPSA) is 72.1 Å². The van der Waals surface area contributed by atoms with Crippen molar-refractivity contribution in [1.29, 1.82) is 0 Å². The van der Waals surface area contributed by atoms with E-state index in [1.54, 1.807) is 0 Å². The van der Waals surface area contributed by atoms with Crippen LogP contribution in [0.3, 0.4) is 0 Å². The summed E-state index contributed by atoms with van der Waals surface area (Å²) < 4.78 is 48.5. The molecule has 1 aromatic rings. The summed E-state index contributed by atoms with van der Waals surface area (Å²) in [7, 11) is 0. The number of nitrogens with one attached hydrogen (secondary N) is 1. The van der Waals surface area contributed by atoms with Crippen molar-refractivity contribution in [3.63, 3.8) is 0 Å². The normalized spacial score (nSPS) is 15.9. The first kappa shape index (κ1) is 23.8. The summed E-state index contributed by atoms with van der Waals surface area (Å²) in [6, 6.07) is 4.78. The highest BCUT2D eigenvalue weighted by Gasteiger charge is 2.30. The van der Waals surface area contributed by atoms with Crippen LogP contribution in [0.25, 0.3) is 0 Å². The van der Waals surface area contributed by atoms with Gasteiger partial charge in [0, 0.05) is 26.2 Å². The first-order valence-electron chi connectivity index (χ1n) is 8.59. The van der Waals surface area contributed by atoms with Gasteiger partial charge in [-0.2, -0.15) is 13.2 Å². The summed E-state index contributed by atoms with van der Waals surface area (Å²) >= 11 is 0. The number of nitrogens with zero attached hydrogens (tertiary/aromatic N) is 2. The second kappa shape index (κ2) is 12.2. The fourth-order valence-electron chi connectivity index (χ4n) is 2.48. The van der Waals surface area contributed by atoms with Crippen LogP contribution < -0.4 is 15.8 Å². The third-order valence-electron chi connectivity index (χ3n) is 3.86. The van der Waals surface area contributed by atoms with Gasteiger partial charge in [0.1, 0.15) is 12.4 Å². The summed E-state index contributed by atoms with van der Waals surface area (Å²) in [5.41, 5.74) is 5.02. The second-order valence-corrected chi connectivity index (χ2v) is 5.88. The summed E-state index contributed by atoms with van der Waals surface area (Å²) in [6.45, 7) is 5.57. The van der Waals surface area contributed by atoms with Crippen molar-refractivity contribution < 1.29 is 22.6 Å². The van der Waals surface area contributed by atoms with Gasteiger partial charge in [-0.05, 0) is 24.6 Å². The Labute approximate surface area is 174 Å². The number of morpholine rings is 1. The van der Waals surface area contributed by atoms with Crippen LogP contribution in [0.4, 0.5) is 13.2 Å². The van der Waals surface area contributed by atoms with Crippen LogP contribution in [-0.4, -0.2) is 63.4 Å². The van der Waals surface area contributed by atoms with Crippen molar-refractivity contribution in [1.82, 2.24) is 10.2 Å². The SMILES string of the molecule is I.NC(=NCCCN1CCOCC1)NCCOc1cccc(C(F)(F)F)c1. The van der Waals surface area contributed by atoms with E-state index in [1.165, 1.54) is 12.1 Å². The molecule has 0 bridgehead atoms. The lowest BCUT2D eigenvalue weighted by Crippen LogP contribution is -2.37. The van der Waals surface area contributed by atoms with Crippen molar-refractivity contribution in [3.05, 3.63) is 29.8 Å². The molecule has 0 aromatic heterocycles. The van der Waals surface area contributed by atoms with E-state index in [-0.39, 0.29) is 36.3 Å². The monoisotopic (exact) mass is 502 g/mol. The van der Waals surface area contributed by atoms with Crippen LogP contribution in [0.2, 0.25) is 0 Å². The highest BCUT2D eigenvalue weighted by atomic mass is 127. The largest absolute Gasteiger partial charge is 0.492 e. The van der Waals surface area contributed by atoms with Gasteiger partial charge in [-0.25, -0.2) is 0 Å². The van der Waals surface area contributed by atoms with Gasteiger partial charge in [0.2, 0.25) is 0 Å². The first-order valence-corrected chi connectivity index (χ1v) is 8.59. The fraction of sp³-hybridized carbons (Fsp3) is 0.588. The van der Waals surface area contributed by atoms with Gasteiger partial charge >= 0.3 is 6.18 Å². The average molecular weight is 502 g/mol. The Balaban J connectivity index is 0.00000364. The minimum absolute atomic E-state index is 0. The van der Waals surface area contributed by atoms with Crippen LogP contribution in [0.5, 0.6) is 5.75 Å². The molecule has 0 radical (unpaired) electrons. The van der Waals surface area contributed by atoms with Gasteiger partial charge in [0.05, 0.1) is 25.3 Å². The van der Waals surface area contributed by atoms with Crippen molar-refractivity contribution >= 4 is 29.9 Å². The molecule has 154 valence electrons. The van der Waals surface area contributed by atoms with E-state index in [4.69, 9.17) is 15.2 Å². The third kappa shape index (κ3) is 9.47. The number of hydrogen-bond acceptors (Lipinski definition) is 4. The molecule has 0 amide bonds. The number of alkyl halides is 3. The molecule has 1 heterocycles. The predicted octanol–water partition coefficient (Wildman–Crippen LogP) is 2.33. The lowest BCUT2D eigenvalue weighted by molar-refractivity contribution is -0.137. The molecule has 1 fully saturated rings. The summed E-state index contributed by atoms with van der Waals surface area (Å²) in [4.78, 5) is 6.55. The minimum atomic E-state index is -4.38. The molecule has 27 heavy (non-hydrogen) atoms. The van der Waals surface area contributed by atoms with Crippen molar-refractivity contribution in [2.75, 3.05) is 52.5 Å². The number of guanidine groups is 1. The zero-order chi connectivity index (χ0) is 18.8. The van der Waals surface area contributed by atoms with Crippen molar-refractivity contribution in [2.45, 2.75) is 12.6 Å². The lowest BCUT2D eigenvalue weighted by Gasteiger charge is -2.26. The third-order valence-corrected chi connectivity index (χ3v) is 3.86. The molecule has 1 aliphatic rings. The maximum atomic E-state index is 12.6. The fourth-order valence-corrected chi connectivity index (χ4v) is 2.48. The van der Waals surface area contributed by atoms with Crippen LogP contribution in [-0.2, 0) is 10.9 Å². The number of aliphatic imine (C=N–C) groups is 1. The number of rotatable bonds is 8. The van der Waals surface area contributed by atoms with Crippen molar-refractivity contribution in [2.24, 2.45) is 10.7 Å². The Bertz CT molecular complexity index is 582. The molecule has 3 N–H and O–H groups in total. The Morgan fingerprint density at radius 2 is 2.04 bits per heavy atom. The quantitative estimate of drug-likeness (QED) is 0.247. The molecular weight excluding hydrogens is 476 g/mol. The standard InChI is InChI=1S/C17H25F3N4O2.HI/c18-17(19,20)14-3-1-4-15(13-14)26-10-6-23-16(21)22-5-2-7-24-8-11-25-12-9-24;/h1,3-4,13H,2,5-12H2,(H3,21,22,23);1H. The van der Waals surface area contributed by atoms with Crippen LogP contribution in [0, 0.1) is 0 Å². The summed E-state index contributed by atoms with van der Waals surface area (Å²) in [6.07, 6.45) is -3.47. The second-order valence-electron chi connectivity index (χ2n) is 5.88. The minimum Gasteiger partial charge on any atom is -0.492 e. The average Bonchev–Trinajstić information content (AvgIpc) is 2.63. The maximum Gasteiger partial charge on any atom is 0.416 e. The lowest BCUT2D eigenvalue weighted by atomic mass is 10.2. The van der Waals surface area contributed by atoms with Gasteiger partial charge in [-0.1, -0.05) is 6.07 Å². The van der Waals surface area contributed by atoms with Gasteiger partial charge in [-0.15, -0.1) is 24.0 Å². The number of nitrogens with two attached hydrogens (primary N) is 1. The molecule has 1 aromatic carbocycles. The number of hydrogen-bond donors (Lipinski definition) is 2. The maximum absolute atomic E-state index is 12.6. The molecule has 0 saturated carbocycles. The van der Waals surface area contributed by atoms with Gasteiger partial charge < -0.3 is 20.5 Å². The summed E-state index contributed by atoms with van der Waals surface area (Å²) in [5.74, 6) is 0.474. The van der Waals surface area contributed by atoms with Crippen LogP contribution >= 0.6 is 24.0 Å². The molecule has 0 spiro atoms. The first-order chi connectivity index (χ1) is 12.4. The van der Waals surface area contributed by atoms with Crippen LogP contribution in [0.1, 0.15) is 12.0 Å². The van der Waals surface area contributed by atoms with E-state index in [1.807, 2.05) is 0 Å². The number of halogens is 4. The van der Waals surface area contributed by atoms with Crippen molar-refractivity contribution in [3.8, 4) is 5.75 Å². The van der Waals surface area contributed by atoms with Crippen LogP contribution in [0.15, 0.2) is 29.3 Å². The number of benzene rings is 1. The molecule has 0 atom stereocenters. The Morgan fingerprint density at radius 1 is 1.30 bits per heavy atom. The Hall–Kier alpha value is -1.27. The molecular formula is C17H26F3IN4O2. The van der Waals surface area contributed by atoms with E-state index < -0.39 is 11.7 Å². The van der Waals surface area contributed by atoms with E-state index in [0.717, 1.165) is 51.4 Å². The van der Waals surface area contributed by atoms with Gasteiger partial charge in [0.15, 0.2) is 5.96 Å². The highest BCUT2D eigenvalue weighted by Crippen LogP contribution is 2.31. The molecule has 0 aliphatic carbocycles.